The first-order valence-corrected chi connectivity index (χ1v) is 7.10. The minimum absolute atomic E-state index is 0.117. The Labute approximate surface area is 113 Å². The standard InChI is InChI=1S/C15H22O4/c1-13(12(18)19)4-8-5-15(3)10(16)7-14(2,11(15)17)9(8)6-13/h8-10,16H,4-7H2,1-3H3,(H,18,19)/t8-,9-,10+,13-,14-,15-/m0/s1. The molecule has 3 saturated carbocycles. The summed E-state index contributed by atoms with van der Waals surface area (Å²) >= 11 is 0. The van der Waals surface area contributed by atoms with Crippen LogP contribution in [0.15, 0.2) is 0 Å². The molecule has 2 N–H and O–H groups in total. The molecule has 19 heavy (non-hydrogen) atoms. The minimum Gasteiger partial charge on any atom is -0.481 e. The molecular formula is C15H22O4. The lowest BCUT2D eigenvalue weighted by Crippen LogP contribution is -2.46. The number of fused-ring (bicyclic) bond motifs is 4. The fourth-order valence-corrected chi connectivity index (χ4v) is 5.21. The molecule has 106 valence electrons. The van der Waals surface area contributed by atoms with E-state index in [9.17, 15) is 19.8 Å². The predicted molar refractivity (Wildman–Crippen MR) is 68.4 cm³/mol. The quantitative estimate of drug-likeness (QED) is 0.759. The molecule has 0 heterocycles. The summed E-state index contributed by atoms with van der Waals surface area (Å²) in [6, 6.07) is 0. The van der Waals surface area contributed by atoms with Crippen molar-refractivity contribution in [2.24, 2.45) is 28.1 Å². The highest BCUT2D eigenvalue weighted by Gasteiger charge is 2.68. The van der Waals surface area contributed by atoms with Crippen molar-refractivity contribution < 1.29 is 19.8 Å². The van der Waals surface area contributed by atoms with Crippen LogP contribution in [0.4, 0.5) is 0 Å². The Kier molecular flexibility index (Phi) is 2.35. The first kappa shape index (κ1) is 13.1. The number of aliphatic hydroxyl groups excluding tert-OH is 1. The van der Waals surface area contributed by atoms with Gasteiger partial charge < -0.3 is 10.2 Å². The molecule has 0 aromatic carbocycles. The molecule has 0 aliphatic heterocycles. The first-order chi connectivity index (χ1) is 8.63. The van der Waals surface area contributed by atoms with Gasteiger partial charge in [0.15, 0.2) is 0 Å². The topological polar surface area (TPSA) is 74.6 Å². The van der Waals surface area contributed by atoms with Crippen LogP contribution >= 0.6 is 0 Å². The number of hydrogen-bond acceptors (Lipinski definition) is 3. The fraction of sp³-hybridized carbons (Fsp3) is 0.867. The molecule has 3 fully saturated rings. The number of carboxylic acids is 1. The van der Waals surface area contributed by atoms with Gasteiger partial charge in [0.25, 0.3) is 0 Å². The second kappa shape index (κ2) is 3.40. The van der Waals surface area contributed by atoms with Crippen molar-refractivity contribution in [2.45, 2.75) is 52.6 Å². The summed E-state index contributed by atoms with van der Waals surface area (Å²) in [4.78, 5) is 24.1. The lowest BCUT2D eigenvalue weighted by atomic mass is 9.60. The third kappa shape index (κ3) is 1.38. The number of Topliss-reactive ketones (excluding diaryl/α,β-unsaturated/α-hetero) is 1. The van der Waals surface area contributed by atoms with Crippen LogP contribution < -0.4 is 0 Å². The summed E-state index contributed by atoms with van der Waals surface area (Å²) in [5.41, 5.74) is -1.88. The summed E-state index contributed by atoms with van der Waals surface area (Å²) in [5, 5.41) is 19.7. The van der Waals surface area contributed by atoms with E-state index in [4.69, 9.17) is 0 Å². The highest BCUT2D eigenvalue weighted by Crippen LogP contribution is 2.66. The highest BCUT2D eigenvalue weighted by molar-refractivity contribution is 5.94. The number of hydrogen-bond donors (Lipinski definition) is 2. The van der Waals surface area contributed by atoms with Crippen LogP contribution in [0.1, 0.15) is 46.5 Å². The molecule has 2 bridgehead atoms. The van der Waals surface area contributed by atoms with Crippen LogP contribution in [0.25, 0.3) is 0 Å². The molecule has 6 atom stereocenters. The average Bonchev–Trinajstić information content (AvgIpc) is 2.70. The molecule has 0 spiro atoms. The maximum absolute atomic E-state index is 12.7. The average molecular weight is 266 g/mol. The van der Waals surface area contributed by atoms with Crippen molar-refractivity contribution in [3.63, 3.8) is 0 Å². The van der Waals surface area contributed by atoms with Gasteiger partial charge in [-0.2, -0.15) is 0 Å². The molecule has 3 rings (SSSR count). The van der Waals surface area contributed by atoms with Crippen molar-refractivity contribution in [3.05, 3.63) is 0 Å². The van der Waals surface area contributed by atoms with Crippen LogP contribution in [0.5, 0.6) is 0 Å². The van der Waals surface area contributed by atoms with Gasteiger partial charge in [0.1, 0.15) is 5.78 Å². The number of carboxylic acid groups (broad SMARTS) is 1. The summed E-state index contributed by atoms with van der Waals surface area (Å²) in [5.74, 6) is -0.222. The molecular weight excluding hydrogens is 244 g/mol. The molecule has 0 unspecified atom stereocenters. The van der Waals surface area contributed by atoms with E-state index in [-0.39, 0.29) is 17.6 Å². The van der Waals surface area contributed by atoms with E-state index >= 15 is 0 Å². The van der Waals surface area contributed by atoms with Crippen molar-refractivity contribution in [3.8, 4) is 0 Å². The molecule has 3 aliphatic carbocycles. The third-order valence-electron chi connectivity index (χ3n) is 6.36. The number of aliphatic hydroxyl groups is 1. The van der Waals surface area contributed by atoms with Crippen molar-refractivity contribution in [2.75, 3.05) is 0 Å². The number of ketones is 1. The van der Waals surface area contributed by atoms with Gasteiger partial charge in [-0.25, -0.2) is 0 Å². The number of rotatable bonds is 1. The summed E-state index contributed by atoms with van der Waals surface area (Å²) in [6.45, 7) is 5.60. The van der Waals surface area contributed by atoms with Gasteiger partial charge in [0.05, 0.1) is 16.9 Å². The second-order valence-electron chi connectivity index (χ2n) is 7.73. The highest BCUT2D eigenvalue weighted by atomic mass is 16.4. The van der Waals surface area contributed by atoms with E-state index in [1.54, 1.807) is 6.92 Å². The van der Waals surface area contributed by atoms with E-state index in [0.29, 0.717) is 25.7 Å². The molecule has 0 amide bonds. The van der Waals surface area contributed by atoms with Gasteiger partial charge in [-0.1, -0.05) is 13.8 Å². The van der Waals surface area contributed by atoms with Gasteiger partial charge in [-0.15, -0.1) is 0 Å². The Morgan fingerprint density at radius 1 is 1.11 bits per heavy atom. The molecule has 4 heteroatoms. The Bertz CT molecular complexity index is 473. The van der Waals surface area contributed by atoms with Crippen LogP contribution in [0.3, 0.4) is 0 Å². The number of aliphatic carboxylic acids is 1. The molecule has 4 nitrogen and oxygen atoms in total. The minimum atomic E-state index is -0.750. The van der Waals surface area contributed by atoms with E-state index < -0.39 is 28.3 Å². The Morgan fingerprint density at radius 3 is 2.32 bits per heavy atom. The smallest absolute Gasteiger partial charge is 0.309 e. The van der Waals surface area contributed by atoms with E-state index in [2.05, 4.69) is 0 Å². The second-order valence-corrected chi connectivity index (χ2v) is 7.73. The maximum Gasteiger partial charge on any atom is 0.309 e. The van der Waals surface area contributed by atoms with Crippen molar-refractivity contribution >= 4 is 11.8 Å². The lowest BCUT2D eigenvalue weighted by Gasteiger charge is -2.42. The van der Waals surface area contributed by atoms with Crippen LogP contribution in [0.2, 0.25) is 0 Å². The molecule has 0 saturated heterocycles. The third-order valence-corrected chi connectivity index (χ3v) is 6.36. The molecule has 0 aromatic heterocycles. The zero-order valence-corrected chi connectivity index (χ0v) is 11.8. The van der Waals surface area contributed by atoms with Gasteiger partial charge in [-0.3, -0.25) is 9.59 Å². The Balaban J connectivity index is 2.01. The van der Waals surface area contributed by atoms with Gasteiger partial charge in [-0.05, 0) is 44.4 Å². The summed E-state index contributed by atoms with van der Waals surface area (Å²) in [7, 11) is 0. The Hall–Kier alpha value is -0.900. The first-order valence-electron chi connectivity index (χ1n) is 7.10. The lowest BCUT2D eigenvalue weighted by molar-refractivity contribution is -0.148. The zero-order chi connectivity index (χ0) is 14.2. The monoisotopic (exact) mass is 266 g/mol. The fourth-order valence-electron chi connectivity index (χ4n) is 5.21. The van der Waals surface area contributed by atoms with Gasteiger partial charge in [0.2, 0.25) is 0 Å². The van der Waals surface area contributed by atoms with E-state index in [1.165, 1.54) is 0 Å². The largest absolute Gasteiger partial charge is 0.481 e. The van der Waals surface area contributed by atoms with Gasteiger partial charge >= 0.3 is 5.97 Å². The summed E-state index contributed by atoms with van der Waals surface area (Å²) < 4.78 is 0. The molecule has 0 aromatic rings. The van der Waals surface area contributed by atoms with Crippen molar-refractivity contribution in [1.29, 1.82) is 0 Å². The number of carbonyl (C=O) groups is 2. The van der Waals surface area contributed by atoms with Crippen LogP contribution in [0, 0.1) is 28.1 Å². The van der Waals surface area contributed by atoms with Gasteiger partial charge in [0, 0.05) is 5.41 Å². The molecule has 0 radical (unpaired) electrons. The zero-order valence-electron chi connectivity index (χ0n) is 11.8. The van der Waals surface area contributed by atoms with Crippen molar-refractivity contribution in [1.82, 2.24) is 0 Å². The predicted octanol–water partition coefficient (Wildman–Crippen LogP) is 1.85. The van der Waals surface area contributed by atoms with Crippen LogP contribution in [-0.2, 0) is 9.59 Å². The normalized spacial score (nSPS) is 56.2. The van der Waals surface area contributed by atoms with E-state index in [0.717, 1.165) is 0 Å². The maximum atomic E-state index is 12.7. The summed E-state index contributed by atoms with van der Waals surface area (Å²) in [6.07, 6.45) is 1.79. The Morgan fingerprint density at radius 2 is 1.74 bits per heavy atom. The van der Waals surface area contributed by atoms with E-state index in [1.807, 2.05) is 13.8 Å². The molecule has 3 aliphatic rings. The number of carbonyl (C=O) groups excluding carboxylic acids is 1. The SMILES string of the molecule is C[C@]1(C(=O)O)C[C@H]2C[C@]3(C)C(=O)[C@@](C)(C[C@H]3O)[C@H]2C1. The van der Waals surface area contributed by atoms with Crippen LogP contribution in [-0.4, -0.2) is 28.1 Å².